The molecule has 1 aliphatic rings. The standard InChI is InChI=1S/C13H12O3/c14-11(12-8-9-13(15)16-12)7-6-10-4-2-1-3-5-10/h1-9,11-12,14H/b7-6+/t11-,12-/m1/s1. The summed E-state index contributed by atoms with van der Waals surface area (Å²) in [5.41, 5.74) is 0.995. The first-order valence-electron chi connectivity index (χ1n) is 5.06. The van der Waals surface area contributed by atoms with Gasteiger partial charge >= 0.3 is 5.97 Å². The first kappa shape index (κ1) is 10.6. The van der Waals surface area contributed by atoms with Crippen LogP contribution in [0.25, 0.3) is 6.08 Å². The molecule has 16 heavy (non-hydrogen) atoms. The van der Waals surface area contributed by atoms with Gasteiger partial charge in [0.05, 0.1) is 0 Å². The van der Waals surface area contributed by atoms with Crippen LogP contribution in [-0.2, 0) is 9.53 Å². The highest BCUT2D eigenvalue weighted by atomic mass is 16.6. The largest absolute Gasteiger partial charge is 0.452 e. The van der Waals surface area contributed by atoms with Crippen LogP contribution in [0.5, 0.6) is 0 Å². The van der Waals surface area contributed by atoms with Gasteiger partial charge in [0.1, 0.15) is 6.10 Å². The third-order valence-electron chi connectivity index (χ3n) is 2.30. The minimum absolute atomic E-state index is 0.405. The molecule has 0 aromatic heterocycles. The van der Waals surface area contributed by atoms with Gasteiger partial charge in [0.25, 0.3) is 0 Å². The summed E-state index contributed by atoms with van der Waals surface area (Å²) in [7, 11) is 0. The van der Waals surface area contributed by atoms with Crippen LogP contribution in [0.3, 0.4) is 0 Å². The van der Waals surface area contributed by atoms with E-state index in [1.165, 1.54) is 6.08 Å². The van der Waals surface area contributed by atoms with Crippen LogP contribution in [0.2, 0.25) is 0 Å². The Hall–Kier alpha value is -1.87. The Balaban J connectivity index is 1.97. The van der Waals surface area contributed by atoms with E-state index in [2.05, 4.69) is 0 Å². The van der Waals surface area contributed by atoms with Gasteiger partial charge in [-0.1, -0.05) is 42.5 Å². The molecule has 0 spiro atoms. The number of aliphatic hydroxyl groups is 1. The van der Waals surface area contributed by atoms with E-state index in [4.69, 9.17) is 4.74 Å². The maximum Gasteiger partial charge on any atom is 0.331 e. The van der Waals surface area contributed by atoms with Crippen molar-refractivity contribution in [2.75, 3.05) is 0 Å². The molecule has 0 fully saturated rings. The molecule has 1 aliphatic heterocycles. The monoisotopic (exact) mass is 216 g/mol. The van der Waals surface area contributed by atoms with Crippen molar-refractivity contribution >= 4 is 12.0 Å². The zero-order valence-corrected chi connectivity index (χ0v) is 8.61. The van der Waals surface area contributed by atoms with Crippen LogP contribution >= 0.6 is 0 Å². The Morgan fingerprint density at radius 2 is 2.06 bits per heavy atom. The molecule has 1 heterocycles. The highest BCUT2D eigenvalue weighted by Gasteiger charge is 2.22. The maximum absolute atomic E-state index is 10.8. The molecule has 0 bridgehead atoms. The van der Waals surface area contributed by atoms with Crippen molar-refractivity contribution in [3.63, 3.8) is 0 Å². The number of cyclic esters (lactones) is 1. The van der Waals surface area contributed by atoms with Crippen molar-refractivity contribution in [3.05, 3.63) is 54.1 Å². The fourth-order valence-electron chi connectivity index (χ4n) is 1.45. The van der Waals surface area contributed by atoms with Crippen molar-refractivity contribution in [1.29, 1.82) is 0 Å². The number of hydrogen-bond acceptors (Lipinski definition) is 3. The second-order valence-electron chi connectivity index (χ2n) is 3.52. The molecule has 0 aliphatic carbocycles. The Bertz CT molecular complexity index is 420. The van der Waals surface area contributed by atoms with E-state index in [1.807, 2.05) is 30.3 Å². The number of ether oxygens (including phenoxy) is 1. The summed E-state index contributed by atoms with van der Waals surface area (Å²) in [6, 6.07) is 9.62. The highest BCUT2D eigenvalue weighted by Crippen LogP contribution is 2.12. The fraction of sp³-hybridized carbons (Fsp3) is 0.154. The summed E-state index contributed by atoms with van der Waals surface area (Å²) in [5.74, 6) is -0.405. The molecule has 0 saturated heterocycles. The summed E-state index contributed by atoms with van der Waals surface area (Å²) >= 11 is 0. The van der Waals surface area contributed by atoms with Gasteiger partial charge in [-0.15, -0.1) is 0 Å². The summed E-state index contributed by atoms with van der Waals surface area (Å²) < 4.78 is 4.86. The normalized spacial score (nSPS) is 21.3. The molecule has 82 valence electrons. The van der Waals surface area contributed by atoms with Crippen LogP contribution in [-0.4, -0.2) is 23.3 Å². The van der Waals surface area contributed by atoms with Gasteiger partial charge in [-0.05, 0) is 11.6 Å². The Morgan fingerprint density at radius 1 is 1.31 bits per heavy atom. The predicted molar refractivity (Wildman–Crippen MR) is 60.5 cm³/mol. The first-order valence-corrected chi connectivity index (χ1v) is 5.06. The molecular formula is C13H12O3. The van der Waals surface area contributed by atoms with E-state index in [1.54, 1.807) is 18.2 Å². The number of carbonyl (C=O) groups excluding carboxylic acids is 1. The molecule has 1 aromatic carbocycles. The van der Waals surface area contributed by atoms with Gasteiger partial charge in [-0.3, -0.25) is 0 Å². The Morgan fingerprint density at radius 3 is 2.69 bits per heavy atom. The van der Waals surface area contributed by atoms with Crippen molar-refractivity contribution in [3.8, 4) is 0 Å². The van der Waals surface area contributed by atoms with Gasteiger partial charge in [-0.2, -0.15) is 0 Å². The molecule has 3 nitrogen and oxygen atoms in total. The second kappa shape index (κ2) is 4.77. The van der Waals surface area contributed by atoms with Crippen molar-refractivity contribution in [2.45, 2.75) is 12.2 Å². The van der Waals surface area contributed by atoms with E-state index in [0.29, 0.717) is 0 Å². The SMILES string of the molecule is O=C1C=C[C@H]([C@H](O)/C=C/c2ccccc2)O1. The van der Waals surface area contributed by atoms with Gasteiger partial charge in [0.2, 0.25) is 0 Å². The van der Waals surface area contributed by atoms with E-state index >= 15 is 0 Å². The predicted octanol–water partition coefficient (Wildman–Crippen LogP) is 1.54. The van der Waals surface area contributed by atoms with E-state index in [9.17, 15) is 9.90 Å². The number of hydrogen-bond donors (Lipinski definition) is 1. The molecule has 2 atom stereocenters. The second-order valence-corrected chi connectivity index (χ2v) is 3.52. The lowest BCUT2D eigenvalue weighted by molar-refractivity contribution is -0.141. The van der Waals surface area contributed by atoms with Crippen molar-refractivity contribution in [1.82, 2.24) is 0 Å². The van der Waals surface area contributed by atoms with Crippen LogP contribution in [0, 0.1) is 0 Å². The van der Waals surface area contributed by atoms with Gasteiger partial charge in [-0.25, -0.2) is 4.79 Å². The minimum atomic E-state index is -0.803. The third kappa shape index (κ3) is 2.58. The molecule has 1 aromatic rings. The van der Waals surface area contributed by atoms with E-state index in [0.717, 1.165) is 5.56 Å². The molecule has 0 unspecified atom stereocenters. The molecule has 1 N–H and O–H groups in total. The van der Waals surface area contributed by atoms with Crippen molar-refractivity contribution < 1.29 is 14.6 Å². The molecule has 0 radical (unpaired) electrons. The quantitative estimate of drug-likeness (QED) is 0.779. The minimum Gasteiger partial charge on any atom is -0.452 e. The van der Waals surface area contributed by atoms with Gasteiger partial charge < -0.3 is 9.84 Å². The maximum atomic E-state index is 10.8. The van der Waals surface area contributed by atoms with E-state index < -0.39 is 18.2 Å². The molecule has 0 amide bonds. The molecular weight excluding hydrogens is 204 g/mol. The smallest absolute Gasteiger partial charge is 0.331 e. The number of aliphatic hydroxyl groups excluding tert-OH is 1. The molecule has 2 rings (SSSR count). The summed E-state index contributed by atoms with van der Waals surface area (Å²) in [6.45, 7) is 0. The highest BCUT2D eigenvalue weighted by molar-refractivity contribution is 5.84. The average molecular weight is 216 g/mol. The lowest BCUT2D eigenvalue weighted by Crippen LogP contribution is -2.23. The molecule has 0 saturated carbocycles. The number of carbonyl (C=O) groups is 1. The van der Waals surface area contributed by atoms with Crippen molar-refractivity contribution in [2.24, 2.45) is 0 Å². The lowest BCUT2D eigenvalue weighted by Gasteiger charge is -2.11. The zero-order chi connectivity index (χ0) is 11.4. The Labute approximate surface area is 93.7 Å². The fourth-order valence-corrected chi connectivity index (χ4v) is 1.45. The topological polar surface area (TPSA) is 46.5 Å². The summed E-state index contributed by atoms with van der Waals surface area (Å²) in [4.78, 5) is 10.8. The Kier molecular flexibility index (Phi) is 3.17. The number of benzene rings is 1. The van der Waals surface area contributed by atoms with Gasteiger partial charge in [0, 0.05) is 6.08 Å². The number of rotatable bonds is 3. The van der Waals surface area contributed by atoms with Crippen LogP contribution in [0.4, 0.5) is 0 Å². The zero-order valence-electron chi connectivity index (χ0n) is 8.61. The number of esters is 1. The summed E-state index contributed by atoms with van der Waals surface area (Å²) in [6.07, 6.45) is 4.93. The molecule has 3 heteroatoms. The van der Waals surface area contributed by atoms with Gasteiger partial charge in [0.15, 0.2) is 6.10 Å². The van der Waals surface area contributed by atoms with E-state index in [-0.39, 0.29) is 0 Å². The summed E-state index contributed by atoms with van der Waals surface area (Å²) in [5, 5.41) is 9.71. The third-order valence-corrected chi connectivity index (χ3v) is 2.30. The van der Waals surface area contributed by atoms with Crippen LogP contribution in [0.15, 0.2) is 48.6 Å². The van der Waals surface area contributed by atoms with Crippen LogP contribution in [0.1, 0.15) is 5.56 Å². The average Bonchev–Trinajstić information content (AvgIpc) is 2.74. The first-order chi connectivity index (χ1) is 7.75. The van der Waals surface area contributed by atoms with Crippen LogP contribution < -0.4 is 0 Å². The lowest BCUT2D eigenvalue weighted by atomic mass is 10.1.